The zero-order valence-electron chi connectivity index (χ0n) is 17.9. The number of carbonyl (C=O) groups excluding carboxylic acids is 2. The second-order valence-corrected chi connectivity index (χ2v) is 7.78. The van der Waals surface area contributed by atoms with E-state index in [-0.39, 0.29) is 18.4 Å². The van der Waals surface area contributed by atoms with Crippen LogP contribution in [0.3, 0.4) is 0 Å². The van der Waals surface area contributed by atoms with Crippen molar-refractivity contribution in [3.8, 4) is 5.75 Å². The maximum Gasteiger partial charge on any atom is 0.253 e. The van der Waals surface area contributed by atoms with Crippen molar-refractivity contribution in [2.75, 3.05) is 30.3 Å². The predicted molar refractivity (Wildman–Crippen MR) is 126 cm³/mol. The van der Waals surface area contributed by atoms with Gasteiger partial charge in [-0.2, -0.15) is 0 Å². The van der Waals surface area contributed by atoms with E-state index in [1.807, 2.05) is 65.6 Å². The van der Waals surface area contributed by atoms with E-state index in [2.05, 4.69) is 10.6 Å². The van der Waals surface area contributed by atoms with Crippen molar-refractivity contribution in [2.24, 2.45) is 0 Å². The van der Waals surface area contributed by atoms with Crippen LogP contribution in [0.5, 0.6) is 5.75 Å². The van der Waals surface area contributed by atoms with Gasteiger partial charge < -0.3 is 20.3 Å². The fourth-order valence-electron chi connectivity index (χ4n) is 3.63. The van der Waals surface area contributed by atoms with Gasteiger partial charge in [-0.05, 0) is 54.8 Å². The summed E-state index contributed by atoms with van der Waals surface area (Å²) in [5.74, 6) is 0.599. The first-order chi connectivity index (χ1) is 15.7. The molecule has 1 aliphatic rings. The van der Waals surface area contributed by atoms with Crippen LogP contribution >= 0.6 is 0 Å². The number of anilines is 2. The Morgan fingerprint density at radius 1 is 0.844 bits per heavy atom. The van der Waals surface area contributed by atoms with Gasteiger partial charge in [0.1, 0.15) is 12.4 Å². The summed E-state index contributed by atoms with van der Waals surface area (Å²) in [5.41, 5.74) is 3.22. The molecule has 0 saturated carbocycles. The Balaban J connectivity index is 1.25. The first-order valence-electron chi connectivity index (χ1n) is 10.9. The van der Waals surface area contributed by atoms with Gasteiger partial charge in [-0.3, -0.25) is 9.59 Å². The van der Waals surface area contributed by atoms with Gasteiger partial charge in [-0.1, -0.05) is 36.4 Å². The van der Waals surface area contributed by atoms with Crippen LogP contribution in [-0.4, -0.2) is 36.3 Å². The molecule has 1 saturated heterocycles. The van der Waals surface area contributed by atoms with Crippen LogP contribution in [0.25, 0.3) is 0 Å². The number of benzene rings is 3. The number of amides is 2. The minimum Gasteiger partial charge on any atom is -0.489 e. The van der Waals surface area contributed by atoms with E-state index in [9.17, 15) is 9.59 Å². The summed E-state index contributed by atoms with van der Waals surface area (Å²) in [6, 6.07) is 24.5. The second-order valence-electron chi connectivity index (χ2n) is 7.78. The minimum atomic E-state index is -0.164. The molecule has 3 aromatic rings. The average Bonchev–Trinajstić information content (AvgIpc) is 3.37. The summed E-state index contributed by atoms with van der Waals surface area (Å²) >= 11 is 0. The van der Waals surface area contributed by atoms with Crippen molar-refractivity contribution < 1.29 is 14.3 Å². The molecule has 0 unspecified atom stereocenters. The molecule has 6 heteroatoms. The zero-order valence-corrected chi connectivity index (χ0v) is 17.9. The summed E-state index contributed by atoms with van der Waals surface area (Å²) in [7, 11) is 0. The highest BCUT2D eigenvalue weighted by atomic mass is 16.5. The molecule has 2 amide bonds. The van der Waals surface area contributed by atoms with Crippen molar-refractivity contribution in [2.45, 2.75) is 19.4 Å². The molecule has 1 aliphatic heterocycles. The maximum absolute atomic E-state index is 12.4. The smallest absolute Gasteiger partial charge is 0.253 e. The Morgan fingerprint density at radius 2 is 1.59 bits per heavy atom. The third-order valence-corrected chi connectivity index (χ3v) is 5.34. The second kappa shape index (κ2) is 10.5. The Labute approximate surface area is 188 Å². The van der Waals surface area contributed by atoms with Crippen LogP contribution in [-0.2, 0) is 11.4 Å². The van der Waals surface area contributed by atoms with E-state index >= 15 is 0 Å². The molecule has 0 aliphatic carbocycles. The summed E-state index contributed by atoms with van der Waals surface area (Å²) in [6.07, 6.45) is 2.14. The molecular weight excluding hydrogens is 402 g/mol. The first kappa shape index (κ1) is 21.4. The molecule has 0 radical (unpaired) electrons. The van der Waals surface area contributed by atoms with Crippen LogP contribution in [0, 0.1) is 0 Å². The number of likely N-dealkylation sites (tertiary alicyclic amines) is 1. The Kier molecular flexibility index (Phi) is 7.02. The molecule has 1 fully saturated rings. The Morgan fingerprint density at radius 3 is 2.34 bits per heavy atom. The molecule has 0 aromatic heterocycles. The van der Waals surface area contributed by atoms with Crippen molar-refractivity contribution in [3.05, 3.63) is 90.0 Å². The van der Waals surface area contributed by atoms with Gasteiger partial charge in [-0.15, -0.1) is 0 Å². The maximum atomic E-state index is 12.4. The molecule has 0 bridgehead atoms. The van der Waals surface area contributed by atoms with Gasteiger partial charge in [0.15, 0.2) is 0 Å². The van der Waals surface area contributed by atoms with E-state index < -0.39 is 0 Å². The van der Waals surface area contributed by atoms with Crippen molar-refractivity contribution in [3.63, 3.8) is 0 Å². The van der Waals surface area contributed by atoms with E-state index in [0.717, 1.165) is 37.2 Å². The summed E-state index contributed by atoms with van der Waals surface area (Å²) < 4.78 is 5.81. The van der Waals surface area contributed by atoms with Gasteiger partial charge in [0.05, 0.1) is 6.54 Å². The number of ether oxygens (including phenoxy) is 1. The number of nitrogens with zero attached hydrogens (tertiary/aromatic N) is 1. The summed E-state index contributed by atoms with van der Waals surface area (Å²) in [6.45, 7) is 2.25. The van der Waals surface area contributed by atoms with Crippen molar-refractivity contribution in [1.29, 1.82) is 0 Å². The van der Waals surface area contributed by atoms with Crippen LogP contribution in [0.1, 0.15) is 28.8 Å². The van der Waals surface area contributed by atoms with Gasteiger partial charge in [0.2, 0.25) is 5.91 Å². The minimum absolute atomic E-state index is 0.0705. The lowest BCUT2D eigenvalue weighted by atomic mass is 10.2. The highest BCUT2D eigenvalue weighted by Crippen LogP contribution is 2.19. The molecule has 1 heterocycles. The fraction of sp³-hybridized carbons (Fsp3) is 0.231. The van der Waals surface area contributed by atoms with Crippen LogP contribution in [0.4, 0.5) is 11.4 Å². The molecule has 6 nitrogen and oxygen atoms in total. The highest BCUT2D eigenvalue weighted by molar-refractivity contribution is 5.95. The standard InChI is InChI=1S/C26H27N3O3/c30-25(18-27-22-13-11-21(12-14-22)26(31)29-15-4-5-16-29)28-23-9-6-10-24(17-23)32-19-20-7-2-1-3-8-20/h1-3,6-14,17,27H,4-5,15-16,18-19H2,(H,28,30). The molecule has 0 atom stereocenters. The van der Waals surface area contributed by atoms with E-state index in [1.165, 1.54) is 0 Å². The fourth-order valence-corrected chi connectivity index (χ4v) is 3.63. The zero-order chi connectivity index (χ0) is 22.2. The predicted octanol–water partition coefficient (Wildman–Crippen LogP) is 4.55. The largest absolute Gasteiger partial charge is 0.489 e. The van der Waals surface area contributed by atoms with Crippen LogP contribution < -0.4 is 15.4 Å². The van der Waals surface area contributed by atoms with E-state index in [4.69, 9.17) is 4.74 Å². The molecule has 32 heavy (non-hydrogen) atoms. The van der Waals surface area contributed by atoms with Gasteiger partial charge in [0.25, 0.3) is 5.91 Å². The number of nitrogens with one attached hydrogen (secondary N) is 2. The lowest BCUT2D eigenvalue weighted by Crippen LogP contribution is -2.27. The number of carbonyl (C=O) groups is 2. The van der Waals surface area contributed by atoms with Crippen molar-refractivity contribution in [1.82, 2.24) is 4.90 Å². The first-order valence-corrected chi connectivity index (χ1v) is 10.9. The Hall–Kier alpha value is -3.80. The average molecular weight is 430 g/mol. The van der Waals surface area contributed by atoms with Gasteiger partial charge >= 0.3 is 0 Å². The van der Waals surface area contributed by atoms with Crippen molar-refractivity contribution >= 4 is 23.2 Å². The third kappa shape index (κ3) is 5.88. The number of rotatable bonds is 8. The quantitative estimate of drug-likeness (QED) is 0.551. The molecule has 3 aromatic carbocycles. The lowest BCUT2D eigenvalue weighted by molar-refractivity contribution is -0.114. The highest BCUT2D eigenvalue weighted by Gasteiger charge is 2.19. The Bertz CT molecular complexity index is 1050. The molecule has 164 valence electrons. The number of hydrogen-bond donors (Lipinski definition) is 2. The van der Waals surface area contributed by atoms with E-state index in [1.54, 1.807) is 18.2 Å². The normalized spacial score (nSPS) is 12.9. The summed E-state index contributed by atoms with van der Waals surface area (Å²) in [4.78, 5) is 26.6. The van der Waals surface area contributed by atoms with Crippen LogP contribution in [0.2, 0.25) is 0 Å². The SMILES string of the molecule is O=C(CNc1ccc(C(=O)N2CCCC2)cc1)Nc1cccc(OCc2ccccc2)c1. The monoisotopic (exact) mass is 429 g/mol. The summed E-state index contributed by atoms with van der Waals surface area (Å²) in [5, 5.41) is 5.97. The number of hydrogen-bond acceptors (Lipinski definition) is 4. The molecule has 4 rings (SSSR count). The molecular formula is C26H27N3O3. The topological polar surface area (TPSA) is 70.7 Å². The molecule has 0 spiro atoms. The third-order valence-electron chi connectivity index (χ3n) is 5.34. The molecule has 2 N–H and O–H groups in total. The van der Waals surface area contributed by atoms with Gasteiger partial charge in [-0.25, -0.2) is 0 Å². The van der Waals surface area contributed by atoms with E-state index in [0.29, 0.717) is 23.6 Å². The van der Waals surface area contributed by atoms with Crippen LogP contribution in [0.15, 0.2) is 78.9 Å². The van der Waals surface area contributed by atoms with Gasteiger partial charge in [0, 0.05) is 36.1 Å². The lowest BCUT2D eigenvalue weighted by Gasteiger charge is -2.15.